The van der Waals surface area contributed by atoms with E-state index in [-0.39, 0.29) is 5.91 Å². The minimum Gasteiger partial charge on any atom is -0.339 e. The fourth-order valence-corrected chi connectivity index (χ4v) is 1.96. The predicted molar refractivity (Wildman–Crippen MR) is 63.8 cm³/mol. The molecule has 92 valence electrons. The van der Waals surface area contributed by atoms with Gasteiger partial charge in [0.25, 0.3) is 0 Å². The Bertz CT molecular complexity index is 406. The molecule has 1 fully saturated rings. The van der Waals surface area contributed by atoms with E-state index in [1.165, 1.54) is 0 Å². The third kappa shape index (κ3) is 2.69. The molecule has 0 aromatic carbocycles. The summed E-state index contributed by atoms with van der Waals surface area (Å²) in [4.78, 5) is 28.0. The molecule has 0 radical (unpaired) electrons. The highest BCUT2D eigenvalue weighted by Crippen LogP contribution is 2.11. The summed E-state index contributed by atoms with van der Waals surface area (Å²) in [5.74, 6) is 2.33. The summed E-state index contributed by atoms with van der Waals surface area (Å²) in [5, 5.41) is 0. The summed E-state index contributed by atoms with van der Waals surface area (Å²) < 4.78 is 0. The summed E-state index contributed by atoms with van der Waals surface area (Å²) in [6.07, 6.45) is 0. The van der Waals surface area contributed by atoms with Crippen LogP contribution in [0.25, 0.3) is 0 Å². The van der Waals surface area contributed by atoms with Gasteiger partial charge in [-0.05, 0) is 13.8 Å². The second-order valence-corrected chi connectivity index (χ2v) is 4.22. The number of anilines is 1. The van der Waals surface area contributed by atoms with Crippen LogP contribution in [0.3, 0.4) is 0 Å². The molecule has 0 spiro atoms. The van der Waals surface area contributed by atoms with Crippen LogP contribution in [0.2, 0.25) is 0 Å². The van der Waals surface area contributed by atoms with Gasteiger partial charge in [-0.25, -0.2) is 4.98 Å². The first kappa shape index (κ1) is 11.8. The number of hydrogen-bond acceptors (Lipinski definition) is 5. The van der Waals surface area contributed by atoms with Gasteiger partial charge in [-0.1, -0.05) is 0 Å². The van der Waals surface area contributed by atoms with E-state index >= 15 is 0 Å². The summed E-state index contributed by atoms with van der Waals surface area (Å²) in [5.41, 5.74) is 0. The van der Waals surface area contributed by atoms with Crippen molar-refractivity contribution < 1.29 is 4.79 Å². The first-order valence-corrected chi connectivity index (χ1v) is 5.76. The SMILES string of the molecule is CC(=O)N1CCN(c2nc(C)nc(C)n2)CC1. The zero-order chi connectivity index (χ0) is 12.4. The number of aromatic nitrogens is 3. The standard InChI is InChI=1S/C11H17N5O/c1-8-12-9(2)14-11(13-8)16-6-4-15(5-7-16)10(3)17/h4-7H2,1-3H3. The molecule has 1 aromatic rings. The Morgan fingerprint density at radius 2 is 1.53 bits per heavy atom. The van der Waals surface area contributed by atoms with E-state index in [1.807, 2.05) is 18.7 Å². The molecule has 6 nitrogen and oxygen atoms in total. The molecule has 1 aliphatic heterocycles. The zero-order valence-electron chi connectivity index (χ0n) is 10.5. The lowest BCUT2D eigenvalue weighted by Gasteiger charge is -2.34. The largest absolute Gasteiger partial charge is 0.339 e. The smallest absolute Gasteiger partial charge is 0.228 e. The number of hydrogen-bond donors (Lipinski definition) is 0. The van der Waals surface area contributed by atoms with Gasteiger partial charge in [-0.2, -0.15) is 9.97 Å². The van der Waals surface area contributed by atoms with E-state index in [4.69, 9.17) is 0 Å². The van der Waals surface area contributed by atoms with E-state index in [0.717, 1.165) is 43.8 Å². The molecule has 1 saturated heterocycles. The number of piperazine rings is 1. The number of nitrogens with zero attached hydrogens (tertiary/aromatic N) is 5. The van der Waals surface area contributed by atoms with Crippen molar-refractivity contribution in [2.24, 2.45) is 0 Å². The van der Waals surface area contributed by atoms with Gasteiger partial charge < -0.3 is 9.80 Å². The van der Waals surface area contributed by atoms with Crippen molar-refractivity contribution in [1.82, 2.24) is 19.9 Å². The Kier molecular flexibility index (Phi) is 3.21. The van der Waals surface area contributed by atoms with Crippen molar-refractivity contribution in [1.29, 1.82) is 0 Å². The number of rotatable bonds is 1. The van der Waals surface area contributed by atoms with Crippen molar-refractivity contribution in [3.05, 3.63) is 11.6 Å². The quantitative estimate of drug-likeness (QED) is 0.693. The van der Waals surface area contributed by atoms with Crippen molar-refractivity contribution >= 4 is 11.9 Å². The molecule has 0 unspecified atom stereocenters. The maximum absolute atomic E-state index is 11.2. The average Bonchev–Trinajstić information content (AvgIpc) is 2.28. The lowest BCUT2D eigenvalue weighted by atomic mass is 10.3. The maximum Gasteiger partial charge on any atom is 0.228 e. The van der Waals surface area contributed by atoms with Crippen LogP contribution in [0, 0.1) is 13.8 Å². The van der Waals surface area contributed by atoms with E-state index in [9.17, 15) is 4.79 Å². The van der Waals surface area contributed by atoms with Gasteiger partial charge in [-0.15, -0.1) is 0 Å². The monoisotopic (exact) mass is 235 g/mol. The molecule has 2 rings (SSSR count). The second kappa shape index (κ2) is 4.65. The van der Waals surface area contributed by atoms with Crippen molar-refractivity contribution in [3.63, 3.8) is 0 Å². The topological polar surface area (TPSA) is 62.2 Å². The lowest BCUT2D eigenvalue weighted by molar-refractivity contribution is -0.129. The molecule has 17 heavy (non-hydrogen) atoms. The molecule has 0 bridgehead atoms. The third-order valence-electron chi connectivity index (χ3n) is 2.86. The highest BCUT2D eigenvalue weighted by Gasteiger charge is 2.20. The second-order valence-electron chi connectivity index (χ2n) is 4.22. The van der Waals surface area contributed by atoms with E-state index in [1.54, 1.807) is 6.92 Å². The highest BCUT2D eigenvalue weighted by atomic mass is 16.2. The summed E-state index contributed by atoms with van der Waals surface area (Å²) >= 11 is 0. The van der Waals surface area contributed by atoms with Crippen molar-refractivity contribution in [3.8, 4) is 0 Å². The molecule has 0 saturated carbocycles. The number of carbonyl (C=O) groups is 1. The summed E-state index contributed by atoms with van der Waals surface area (Å²) in [6.45, 7) is 8.37. The molecule has 1 amide bonds. The van der Waals surface area contributed by atoms with Crippen molar-refractivity contribution in [2.45, 2.75) is 20.8 Å². The minimum atomic E-state index is 0.132. The molecule has 1 aliphatic rings. The maximum atomic E-state index is 11.2. The van der Waals surface area contributed by atoms with Gasteiger partial charge >= 0.3 is 0 Å². The molecule has 0 atom stereocenters. The number of amides is 1. The first-order valence-electron chi connectivity index (χ1n) is 5.76. The predicted octanol–water partition coefficient (Wildman–Crippen LogP) is 0.157. The van der Waals surface area contributed by atoms with Gasteiger partial charge in [-0.3, -0.25) is 4.79 Å². The normalized spacial score (nSPS) is 16.2. The van der Waals surface area contributed by atoms with Gasteiger partial charge in [0, 0.05) is 33.1 Å². The molecule has 1 aromatic heterocycles. The fourth-order valence-electron chi connectivity index (χ4n) is 1.96. The fraction of sp³-hybridized carbons (Fsp3) is 0.636. The van der Waals surface area contributed by atoms with Crippen LogP contribution in [0.15, 0.2) is 0 Å². The molecule has 6 heteroatoms. The summed E-state index contributed by atoms with van der Waals surface area (Å²) in [6, 6.07) is 0. The summed E-state index contributed by atoms with van der Waals surface area (Å²) in [7, 11) is 0. The molecular formula is C11H17N5O. The van der Waals surface area contributed by atoms with E-state index < -0.39 is 0 Å². The molecular weight excluding hydrogens is 218 g/mol. The highest BCUT2D eigenvalue weighted by molar-refractivity contribution is 5.73. The van der Waals surface area contributed by atoms with Crippen LogP contribution in [-0.4, -0.2) is 51.9 Å². The average molecular weight is 235 g/mol. The van der Waals surface area contributed by atoms with Crippen LogP contribution in [0.1, 0.15) is 18.6 Å². The third-order valence-corrected chi connectivity index (χ3v) is 2.86. The molecule has 0 aliphatic carbocycles. The van der Waals surface area contributed by atoms with Gasteiger partial charge in [0.05, 0.1) is 0 Å². The van der Waals surface area contributed by atoms with Crippen LogP contribution in [0.4, 0.5) is 5.95 Å². The number of carbonyl (C=O) groups excluding carboxylic acids is 1. The van der Waals surface area contributed by atoms with Crippen LogP contribution in [0.5, 0.6) is 0 Å². The van der Waals surface area contributed by atoms with Gasteiger partial charge in [0.15, 0.2) is 0 Å². The van der Waals surface area contributed by atoms with Crippen LogP contribution >= 0.6 is 0 Å². The Labute approximate surface area is 101 Å². The van der Waals surface area contributed by atoms with Crippen LogP contribution in [-0.2, 0) is 4.79 Å². The zero-order valence-corrected chi connectivity index (χ0v) is 10.5. The Morgan fingerprint density at radius 1 is 1.00 bits per heavy atom. The Balaban J connectivity index is 2.07. The van der Waals surface area contributed by atoms with Crippen molar-refractivity contribution in [2.75, 3.05) is 31.1 Å². The van der Waals surface area contributed by atoms with Crippen LogP contribution < -0.4 is 4.90 Å². The van der Waals surface area contributed by atoms with Gasteiger partial charge in [0.2, 0.25) is 11.9 Å². The Hall–Kier alpha value is -1.72. The molecule has 0 N–H and O–H groups in total. The van der Waals surface area contributed by atoms with Gasteiger partial charge in [0.1, 0.15) is 11.6 Å². The first-order chi connectivity index (χ1) is 8.06. The minimum absolute atomic E-state index is 0.132. The Morgan fingerprint density at radius 3 is 2.00 bits per heavy atom. The number of aryl methyl sites for hydroxylation is 2. The van der Waals surface area contributed by atoms with E-state index in [0.29, 0.717) is 0 Å². The molecule has 2 heterocycles. The lowest BCUT2D eigenvalue weighted by Crippen LogP contribution is -2.48. The van der Waals surface area contributed by atoms with E-state index in [2.05, 4.69) is 19.9 Å².